The molecule has 3 aromatic carbocycles. The van der Waals surface area contributed by atoms with Gasteiger partial charge in [-0.2, -0.15) is 0 Å². The summed E-state index contributed by atoms with van der Waals surface area (Å²) in [5.74, 6) is -0.492. The first-order valence-electron chi connectivity index (χ1n) is 8.37. The van der Waals surface area contributed by atoms with Gasteiger partial charge in [0.05, 0.1) is 21.4 Å². The molecule has 0 spiro atoms. The predicted molar refractivity (Wildman–Crippen MR) is 115 cm³/mol. The maximum atomic E-state index is 12.3. The zero-order valence-electron chi connectivity index (χ0n) is 14.7. The van der Waals surface area contributed by atoms with E-state index in [0.717, 1.165) is 5.56 Å². The van der Waals surface area contributed by atoms with Crippen LogP contribution < -0.4 is 11.1 Å². The molecule has 0 radical (unpaired) electrons. The summed E-state index contributed by atoms with van der Waals surface area (Å²) in [6, 6.07) is 18.5. The Hall–Kier alpha value is -3.08. The highest BCUT2D eigenvalue weighted by Gasteiger charge is 2.09. The summed E-state index contributed by atoms with van der Waals surface area (Å²) in [7, 11) is 0. The van der Waals surface area contributed by atoms with Crippen LogP contribution in [0.1, 0.15) is 26.3 Å². The van der Waals surface area contributed by atoms with E-state index in [4.69, 9.17) is 28.9 Å². The minimum absolute atomic E-state index is 0.190. The normalized spacial score (nSPS) is 10.8. The number of rotatable bonds is 5. The number of carbonyl (C=O) groups excluding carboxylic acids is 2. The molecular weight excluding hydrogens is 395 g/mol. The van der Waals surface area contributed by atoms with E-state index in [9.17, 15) is 9.59 Å². The molecule has 140 valence electrons. The summed E-state index contributed by atoms with van der Waals surface area (Å²) in [6.45, 7) is 0. The van der Waals surface area contributed by atoms with Crippen molar-refractivity contribution in [3.05, 3.63) is 99.5 Å². The van der Waals surface area contributed by atoms with Crippen LogP contribution in [-0.2, 0) is 0 Å². The summed E-state index contributed by atoms with van der Waals surface area (Å²) in [5.41, 5.74) is 8.50. The summed E-state index contributed by atoms with van der Waals surface area (Å²) in [4.78, 5) is 24.7. The molecular formula is C22H16Cl2N2O2. The molecule has 3 aromatic rings. The Morgan fingerprint density at radius 3 is 2.21 bits per heavy atom. The Bertz CT molecular complexity index is 1060. The van der Waals surface area contributed by atoms with E-state index in [2.05, 4.69) is 5.32 Å². The minimum Gasteiger partial charge on any atom is -0.397 e. The van der Waals surface area contributed by atoms with Crippen LogP contribution in [0.2, 0.25) is 10.0 Å². The number of para-hydroxylation sites is 2. The van der Waals surface area contributed by atoms with Crippen LogP contribution in [0, 0.1) is 0 Å². The monoisotopic (exact) mass is 410 g/mol. The Balaban J connectivity index is 1.68. The summed E-state index contributed by atoms with van der Waals surface area (Å²) >= 11 is 11.8. The van der Waals surface area contributed by atoms with E-state index in [1.165, 1.54) is 6.08 Å². The molecule has 0 aromatic heterocycles. The van der Waals surface area contributed by atoms with Crippen molar-refractivity contribution >= 4 is 52.3 Å². The molecule has 0 saturated heterocycles. The molecule has 0 fully saturated rings. The minimum atomic E-state index is -0.303. The Kier molecular flexibility index (Phi) is 6.14. The molecule has 0 aliphatic carbocycles. The van der Waals surface area contributed by atoms with Gasteiger partial charge < -0.3 is 11.1 Å². The highest BCUT2D eigenvalue weighted by atomic mass is 35.5. The lowest BCUT2D eigenvalue weighted by molar-refractivity contribution is 0.102. The number of hydrogen-bond donors (Lipinski definition) is 2. The fourth-order valence-corrected chi connectivity index (χ4v) is 2.78. The number of amides is 1. The number of halogens is 2. The molecule has 28 heavy (non-hydrogen) atoms. The van der Waals surface area contributed by atoms with Crippen molar-refractivity contribution in [1.82, 2.24) is 0 Å². The fraction of sp³-hybridized carbons (Fsp3) is 0. The predicted octanol–water partition coefficient (Wildman–Crippen LogP) is 5.72. The van der Waals surface area contributed by atoms with E-state index in [0.29, 0.717) is 32.5 Å². The molecule has 3 N–H and O–H groups in total. The Morgan fingerprint density at radius 1 is 0.857 bits per heavy atom. The van der Waals surface area contributed by atoms with Gasteiger partial charge in [-0.15, -0.1) is 0 Å². The SMILES string of the molecule is Nc1ccccc1NC(=O)c1ccc(C(=O)/C=C/c2ccc(Cl)c(Cl)c2)cc1. The fourth-order valence-electron chi connectivity index (χ4n) is 2.48. The lowest BCUT2D eigenvalue weighted by Gasteiger charge is -2.08. The van der Waals surface area contributed by atoms with Crippen LogP contribution in [0.25, 0.3) is 6.08 Å². The number of carbonyl (C=O) groups is 2. The molecule has 0 heterocycles. The Labute approximate surface area is 172 Å². The second-order valence-electron chi connectivity index (χ2n) is 5.99. The second-order valence-corrected chi connectivity index (χ2v) is 6.80. The van der Waals surface area contributed by atoms with Crippen molar-refractivity contribution in [2.24, 2.45) is 0 Å². The number of nitrogens with one attached hydrogen (secondary N) is 1. The van der Waals surface area contributed by atoms with Crippen molar-refractivity contribution in [3.8, 4) is 0 Å². The molecule has 0 aliphatic rings. The average molecular weight is 411 g/mol. The third-order valence-corrected chi connectivity index (χ3v) is 4.75. The van der Waals surface area contributed by atoms with Gasteiger partial charge in [-0.3, -0.25) is 9.59 Å². The van der Waals surface area contributed by atoms with E-state index >= 15 is 0 Å². The van der Waals surface area contributed by atoms with Crippen molar-refractivity contribution in [3.63, 3.8) is 0 Å². The van der Waals surface area contributed by atoms with Gasteiger partial charge in [0.15, 0.2) is 5.78 Å². The van der Waals surface area contributed by atoms with E-state index in [-0.39, 0.29) is 11.7 Å². The van der Waals surface area contributed by atoms with E-state index < -0.39 is 0 Å². The lowest BCUT2D eigenvalue weighted by Crippen LogP contribution is -2.13. The van der Waals surface area contributed by atoms with Gasteiger partial charge in [-0.05, 0) is 48.0 Å². The molecule has 6 heteroatoms. The van der Waals surface area contributed by atoms with Gasteiger partial charge >= 0.3 is 0 Å². The van der Waals surface area contributed by atoms with Gasteiger partial charge in [-0.25, -0.2) is 0 Å². The second kappa shape index (κ2) is 8.74. The molecule has 1 amide bonds. The van der Waals surface area contributed by atoms with Crippen molar-refractivity contribution in [2.75, 3.05) is 11.1 Å². The molecule has 4 nitrogen and oxygen atoms in total. The molecule has 0 saturated carbocycles. The largest absolute Gasteiger partial charge is 0.397 e. The third-order valence-electron chi connectivity index (χ3n) is 4.01. The van der Waals surface area contributed by atoms with Crippen LogP contribution in [0.4, 0.5) is 11.4 Å². The van der Waals surface area contributed by atoms with Crippen LogP contribution in [0.3, 0.4) is 0 Å². The maximum Gasteiger partial charge on any atom is 0.255 e. The number of allylic oxidation sites excluding steroid dienone is 1. The van der Waals surface area contributed by atoms with Crippen molar-refractivity contribution in [1.29, 1.82) is 0 Å². The van der Waals surface area contributed by atoms with Gasteiger partial charge in [0.1, 0.15) is 0 Å². The Morgan fingerprint density at radius 2 is 1.54 bits per heavy atom. The van der Waals surface area contributed by atoms with Crippen molar-refractivity contribution in [2.45, 2.75) is 0 Å². The standard InChI is InChI=1S/C22H16Cl2N2O2/c23-17-11-5-14(13-18(17)24)6-12-21(27)15-7-9-16(10-8-15)22(28)26-20-4-2-1-3-19(20)25/h1-13H,25H2,(H,26,28)/b12-6+. The van der Waals surface area contributed by atoms with Crippen LogP contribution in [0.15, 0.2) is 72.8 Å². The van der Waals surface area contributed by atoms with Gasteiger partial charge in [-0.1, -0.05) is 59.6 Å². The smallest absolute Gasteiger partial charge is 0.255 e. The van der Waals surface area contributed by atoms with Crippen molar-refractivity contribution < 1.29 is 9.59 Å². The van der Waals surface area contributed by atoms with Gasteiger partial charge in [0, 0.05) is 11.1 Å². The first-order valence-corrected chi connectivity index (χ1v) is 9.13. The highest BCUT2D eigenvalue weighted by Crippen LogP contribution is 2.23. The molecule has 3 rings (SSSR count). The van der Waals surface area contributed by atoms with Crippen LogP contribution >= 0.6 is 23.2 Å². The van der Waals surface area contributed by atoms with E-state index in [1.54, 1.807) is 72.8 Å². The van der Waals surface area contributed by atoms with Gasteiger partial charge in [0.2, 0.25) is 0 Å². The molecule has 0 bridgehead atoms. The zero-order chi connectivity index (χ0) is 20.1. The first-order chi connectivity index (χ1) is 13.4. The van der Waals surface area contributed by atoms with E-state index in [1.807, 2.05) is 0 Å². The summed E-state index contributed by atoms with van der Waals surface area (Å²) < 4.78 is 0. The average Bonchev–Trinajstić information content (AvgIpc) is 2.70. The molecule has 0 aliphatic heterocycles. The lowest BCUT2D eigenvalue weighted by atomic mass is 10.1. The molecule has 0 atom stereocenters. The summed E-state index contributed by atoms with van der Waals surface area (Å²) in [5, 5.41) is 3.62. The van der Waals surface area contributed by atoms with Crippen LogP contribution in [-0.4, -0.2) is 11.7 Å². The maximum absolute atomic E-state index is 12.3. The number of anilines is 2. The number of ketones is 1. The number of nitrogens with two attached hydrogens (primary N) is 1. The first kappa shape index (κ1) is 19.7. The zero-order valence-corrected chi connectivity index (χ0v) is 16.2. The van der Waals surface area contributed by atoms with Crippen LogP contribution in [0.5, 0.6) is 0 Å². The number of benzene rings is 3. The molecule has 0 unspecified atom stereocenters. The summed E-state index contributed by atoms with van der Waals surface area (Å²) in [6.07, 6.45) is 3.10. The van der Waals surface area contributed by atoms with Gasteiger partial charge in [0.25, 0.3) is 5.91 Å². The quantitative estimate of drug-likeness (QED) is 0.320. The number of hydrogen-bond acceptors (Lipinski definition) is 3. The highest BCUT2D eigenvalue weighted by molar-refractivity contribution is 6.42. The topological polar surface area (TPSA) is 72.2 Å². The number of nitrogen functional groups attached to an aromatic ring is 1. The third kappa shape index (κ3) is 4.80.